The van der Waals surface area contributed by atoms with Gasteiger partial charge in [-0.1, -0.05) is 23.7 Å². The number of amides is 1. The zero-order valence-corrected chi connectivity index (χ0v) is 8.58. The first-order valence-corrected chi connectivity index (χ1v) is 4.69. The van der Waals surface area contributed by atoms with Crippen molar-refractivity contribution in [1.29, 1.82) is 0 Å². The molecule has 0 fully saturated rings. The van der Waals surface area contributed by atoms with Gasteiger partial charge in [0.2, 0.25) is 0 Å². The zero-order chi connectivity index (χ0) is 10.6. The number of aliphatic hydroxyl groups excluding tert-OH is 1. The van der Waals surface area contributed by atoms with Crippen LogP contribution in [0.2, 0.25) is 5.02 Å². The van der Waals surface area contributed by atoms with Crippen molar-refractivity contribution < 1.29 is 9.90 Å². The molecule has 4 heteroatoms. The lowest BCUT2D eigenvalue weighted by Gasteiger charge is -2.11. The maximum Gasteiger partial charge on any atom is 0.253 e. The summed E-state index contributed by atoms with van der Waals surface area (Å²) in [5, 5.41) is 11.8. The molecule has 0 saturated carbocycles. The molecular formula is C10H12ClNO2. The lowest BCUT2D eigenvalue weighted by atomic mass is 10.2. The minimum absolute atomic E-state index is 0.0871. The second-order valence-corrected chi connectivity index (χ2v) is 3.44. The molecule has 0 heterocycles. The van der Waals surface area contributed by atoms with Gasteiger partial charge in [0.1, 0.15) is 0 Å². The van der Waals surface area contributed by atoms with Crippen LogP contribution >= 0.6 is 11.6 Å². The van der Waals surface area contributed by atoms with Crippen molar-refractivity contribution >= 4 is 17.5 Å². The number of nitrogens with one attached hydrogen (secondary N) is 1. The molecule has 3 nitrogen and oxygen atoms in total. The van der Waals surface area contributed by atoms with Gasteiger partial charge in [-0.15, -0.1) is 0 Å². The molecule has 1 rings (SSSR count). The number of aliphatic hydroxyl groups is 1. The third kappa shape index (κ3) is 2.72. The van der Waals surface area contributed by atoms with Crippen molar-refractivity contribution in [2.24, 2.45) is 0 Å². The Bertz CT molecular complexity index is 328. The van der Waals surface area contributed by atoms with Gasteiger partial charge >= 0.3 is 0 Å². The Morgan fingerprint density at radius 1 is 1.57 bits per heavy atom. The maximum atomic E-state index is 11.5. The van der Waals surface area contributed by atoms with Crippen LogP contribution in [0, 0.1) is 0 Å². The van der Waals surface area contributed by atoms with Gasteiger partial charge in [-0.3, -0.25) is 4.79 Å². The van der Waals surface area contributed by atoms with Gasteiger partial charge in [-0.25, -0.2) is 0 Å². The Morgan fingerprint density at radius 2 is 2.21 bits per heavy atom. The number of rotatable bonds is 3. The van der Waals surface area contributed by atoms with Crippen LogP contribution in [0.5, 0.6) is 0 Å². The summed E-state index contributed by atoms with van der Waals surface area (Å²) in [4.78, 5) is 11.5. The monoisotopic (exact) mass is 213 g/mol. The first-order chi connectivity index (χ1) is 6.65. The maximum absolute atomic E-state index is 11.5. The molecule has 0 unspecified atom stereocenters. The van der Waals surface area contributed by atoms with Crippen molar-refractivity contribution in [2.75, 3.05) is 6.61 Å². The van der Waals surface area contributed by atoms with Crippen LogP contribution in [-0.4, -0.2) is 23.7 Å². The van der Waals surface area contributed by atoms with Crippen LogP contribution in [0.3, 0.4) is 0 Å². The van der Waals surface area contributed by atoms with Gasteiger partial charge in [-0.2, -0.15) is 0 Å². The smallest absolute Gasteiger partial charge is 0.253 e. The first kappa shape index (κ1) is 11.0. The highest BCUT2D eigenvalue weighted by Crippen LogP contribution is 2.14. The van der Waals surface area contributed by atoms with E-state index in [0.29, 0.717) is 10.6 Å². The van der Waals surface area contributed by atoms with Crippen LogP contribution in [0.1, 0.15) is 17.3 Å². The molecule has 76 valence electrons. The standard InChI is InChI=1S/C10H12ClNO2/c1-7(6-13)12-10(14)8-4-2-3-5-9(8)11/h2-5,7,13H,6H2,1H3,(H,12,14)/t7-/m1/s1. The fourth-order valence-corrected chi connectivity index (χ4v) is 1.21. The molecule has 0 aromatic heterocycles. The van der Waals surface area contributed by atoms with E-state index in [1.165, 1.54) is 0 Å². The molecule has 1 amide bonds. The second kappa shape index (κ2) is 4.98. The van der Waals surface area contributed by atoms with Gasteiger partial charge in [-0.05, 0) is 19.1 Å². The SMILES string of the molecule is C[C@H](CO)NC(=O)c1ccccc1Cl. The normalized spacial score (nSPS) is 12.2. The van der Waals surface area contributed by atoms with Crippen molar-refractivity contribution in [3.8, 4) is 0 Å². The Hall–Kier alpha value is -1.06. The minimum atomic E-state index is -0.267. The average molecular weight is 214 g/mol. The van der Waals surface area contributed by atoms with E-state index < -0.39 is 0 Å². The molecule has 0 spiro atoms. The molecule has 1 aromatic carbocycles. The highest BCUT2D eigenvalue weighted by atomic mass is 35.5. The fourth-order valence-electron chi connectivity index (χ4n) is 0.993. The Balaban J connectivity index is 2.75. The quantitative estimate of drug-likeness (QED) is 0.799. The third-order valence-corrected chi connectivity index (χ3v) is 2.10. The number of benzene rings is 1. The molecule has 1 aromatic rings. The molecule has 14 heavy (non-hydrogen) atoms. The first-order valence-electron chi connectivity index (χ1n) is 4.31. The zero-order valence-electron chi connectivity index (χ0n) is 7.83. The van der Waals surface area contributed by atoms with Crippen LogP contribution in [0.25, 0.3) is 0 Å². The van der Waals surface area contributed by atoms with E-state index in [1.54, 1.807) is 31.2 Å². The summed E-state index contributed by atoms with van der Waals surface area (Å²) in [5.74, 6) is -0.267. The summed E-state index contributed by atoms with van der Waals surface area (Å²) < 4.78 is 0. The molecular weight excluding hydrogens is 202 g/mol. The van der Waals surface area contributed by atoms with Crippen molar-refractivity contribution in [1.82, 2.24) is 5.32 Å². The van der Waals surface area contributed by atoms with E-state index in [-0.39, 0.29) is 18.6 Å². The number of carbonyl (C=O) groups excluding carboxylic acids is 1. The third-order valence-electron chi connectivity index (χ3n) is 1.77. The topological polar surface area (TPSA) is 49.3 Å². The van der Waals surface area contributed by atoms with E-state index in [0.717, 1.165) is 0 Å². The molecule has 0 aliphatic heterocycles. The minimum Gasteiger partial charge on any atom is -0.394 e. The van der Waals surface area contributed by atoms with E-state index in [2.05, 4.69) is 5.32 Å². The summed E-state index contributed by atoms with van der Waals surface area (Å²) in [6, 6.07) is 6.53. The predicted octanol–water partition coefficient (Wildman–Crippen LogP) is 1.45. The summed E-state index contributed by atoms with van der Waals surface area (Å²) in [7, 11) is 0. The predicted molar refractivity (Wildman–Crippen MR) is 55.5 cm³/mol. The van der Waals surface area contributed by atoms with Crippen molar-refractivity contribution in [3.63, 3.8) is 0 Å². The van der Waals surface area contributed by atoms with Gasteiger partial charge in [0.15, 0.2) is 0 Å². The molecule has 0 radical (unpaired) electrons. The second-order valence-electron chi connectivity index (χ2n) is 3.04. The van der Waals surface area contributed by atoms with E-state index in [4.69, 9.17) is 16.7 Å². The Morgan fingerprint density at radius 3 is 2.79 bits per heavy atom. The average Bonchev–Trinajstić information content (AvgIpc) is 2.18. The lowest BCUT2D eigenvalue weighted by molar-refractivity contribution is 0.0922. The number of carbonyl (C=O) groups is 1. The summed E-state index contributed by atoms with van der Waals surface area (Å²) in [6.07, 6.45) is 0. The highest BCUT2D eigenvalue weighted by molar-refractivity contribution is 6.33. The Kier molecular flexibility index (Phi) is 3.92. The van der Waals surface area contributed by atoms with E-state index >= 15 is 0 Å². The Labute approximate surface area is 87.7 Å². The summed E-state index contributed by atoms with van der Waals surface area (Å²) in [6.45, 7) is 1.63. The summed E-state index contributed by atoms with van der Waals surface area (Å²) in [5.41, 5.74) is 0.425. The number of hydrogen-bond acceptors (Lipinski definition) is 2. The van der Waals surface area contributed by atoms with Crippen LogP contribution in [-0.2, 0) is 0 Å². The van der Waals surface area contributed by atoms with Crippen molar-refractivity contribution in [3.05, 3.63) is 34.9 Å². The molecule has 0 aliphatic rings. The van der Waals surface area contributed by atoms with Crippen molar-refractivity contribution in [2.45, 2.75) is 13.0 Å². The molecule has 2 N–H and O–H groups in total. The molecule has 0 aliphatic carbocycles. The van der Waals surface area contributed by atoms with Crippen LogP contribution < -0.4 is 5.32 Å². The largest absolute Gasteiger partial charge is 0.394 e. The molecule has 0 saturated heterocycles. The lowest BCUT2D eigenvalue weighted by Crippen LogP contribution is -2.35. The van der Waals surface area contributed by atoms with Crippen LogP contribution in [0.4, 0.5) is 0 Å². The molecule has 0 bridgehead atoms. The van der Waals surface area contributed by atoms with E-state index in [1.807, 2.05) is 0 Å². The van der Waals surface area contributed by atoms with Gasteiger partial charge in [0, 0.05) is 6.04 Å². The molecule has 1 atom stereocenters. The van der Waals surface area contributed by atoms with Gasteiger partial charge in [0.05, 0.1) is 17.2 Å². The highest BCUT2D eigenvalue weighted by Gasteiger charge is 2.11. The number of halogens is 1. The number of hydrogen-bond donors (Lipinski definition) is 2. The van der Waals surface area contributed by atoms with Crippen LogP contribution in [0.15, 0.2) is 24.3 Å². The summed E-state index contributed by atoms with van der Waals surface area (Å²) >= 11 is 5.82. The fraction of sp³-hybridized carbons (Fsp3) is 0.300. The van der Waals surface area contributed by atoms with Gasteiger partial charge in [0.25, 0.3) is 5.91 Å². The van der Waals surface area contributed by atoms with Gasteiger partial charge < -0.3 is 10.4 Å². The van der Waals surface area contributed by atoms with E-state index in [9.17, 15) is 4.79 Å².